The van der Waals surface area contributed by atoms with Crippen LogP contribution in [0.1, 0.15) is 32.3 Å². The van der Waals surface area contributed by atoms with Gasteiger partial charge in [0.2, 0.25) is 5.91 Å². The molecule has 134 valence electrons. The maximum atomic E-state index is 11.8. The van der Waals surface area contributed by atoms with Crippen LogP contribution in [0, 0.1) is 0 Å². The molecule has 0 bridgehead atoms. The van der Waals surface area contributed by atoms with Crippen molar-refractivity contribution in [3.8, 4) is 5.75 Å². The quantitative estimate of drug-likeness (QED) is 0.412. The maximum absolute atomic E-state index is 11.8. The van der Waals surface area contributed by atoms with Gasteiger partial charge in [-0.05, 0) is 19.4 Å². The number of aliphatic imine (C=N–C) groups is 1. The molecule has 1 rings (SSSR count). The summed E-state index contributed by atoms with van der Waals surface area (Å²) in [6.07, 6.45) is 2.15. The Morgan fingerprint density at radius 3 is 2.62 bits per heavy atom. The van der Waals surface area contributed by atoms with Gasteiger partial charge < -0.3 is 20.3 Å². The molecule has 24 heavy (non-hydrogen) atoms. The van der Waals surface area contributed by atoms with Crippen molar-refractivity contribution < 1.29 is 9.53 Å². The third-order valence-electron chi connectivity index (χ3n) is 3.41. The number of likely N-dealkylation sites (N-methyl/N-ethyl adjacent to an activating group) is 1. The minimum atomic E-state index is 0.00899. The van der Waals surface area contributed by atoms with Gasteiger partial charge in [0.1, 0.15) is 5.75 Å². The first kappa shape index (κ1) is 19.8. The Bertz CT molecular complexity index is 530. The van der Waals surface area contributed by atoms with Gasteiger partial charge in [-0.25, -0.2) is 4.99 Å². The normalized spacial score (nSPS) is 11.1. The molecule has 0 heterocycles. The number of benzene rings is 1. The molecular weight excluding hydrogens is 304 g/mol. The highest BCUT2D eigenvalue weighted by molar-refractivity contribution is 5.86. The molecule has 0 aliphatic carbocycles. The standard InChI is InChI=1S/C18H30N4O2/c1-5-7-12-19-18(21-14-17(23)22(3)4)20-13-15-10-8-9-11-16(15)24-6-2/h8-11H,5-7,12-14H2,1-4H3,(H2,19,20,21). The number of nitrogens with zero attached hydrogens (tertiary/aromatic N) is 2. The van der Waals surface area contributed by atoms with Gasteiger partial charge in [-0.3, -0.25) is 4.79 Å². The minimum Gasteiger partial charge on any atom is -0.494 e. The zero-order chi connectivity index (χ0) is 17.8. The maximum Gasteiger partial charge on any atom is 0.241 e. The molecule has 0 radical (unpaired) electrons. The van der Waals surface area contributed by atoms with Crippen LogP contribution in [0.5, 0.6) is 5.75 Å². The number of unbranched alkanes of at least 4 members (excludes halogenated alkanes) is 1. The molecule has 6 heteroatoms. The summed E-state index contributed by atoms with van der Waals surface area (Å²) in [6, 6.07) is 7.87. The summed E-state index contributed by atoms with van der Waals surface area (Å²) < 4.78 is 5.63. The van der Waals surface area contributed by atoms with Crippen LogP contribution in [0.2, 0.25) is 0 Å². The van der Waals surface area contributed by atoms with Gasteiger partial charge in [-0.15, -0.1) is 0 Å². The SMILES string of the molecule is CCCCNC(=NCc1ccccc1OCC)NCC(=O)N(C)C. The Morgan fingerprint density at radius 2 is 1.96 bits per heavy atom. The number of guanidine groups is 1. The van der Waals surface area contributed by atoms with Crippen molar-refractivity contribution in [3.63, 3.8) is 0 Å². The predicted octanol–water partition coefficient (Wildman–Crippen LogP) is 2.01. The van der Waals surface area contributed by atoms with E-state index in [-0.39, 0.29) is 12.5 Å². The Morgan fingerprint density at radius 1 is 1.21 bits per heavy atom. The van der Waals surface area contributed by atoms with Crippen LogP contribution in [-0.4, -0.2) is 50.6 Å². The molecule has 1 aromatic carbocycles. The van der Waals surface area contributed by atoms with E-state index in [1.165, 1.54) is 0 Å². The first-order valence-electron chi connectivity index (χ1n) is 8.51. The van der Waals surface area contributed by atoms with E-state index in [0.29, 0.717) is 19.1 Å². The number of hydrogen-bond donors (Lipinski definition) is 2. The van der Waals surface area contributed by atoms with Crippen molar-refractivity contribution in [2.45, 2.75) is 33.2 Å². The molecule has 0 spiro atoms. The summed E-state index contributed by atoms with van der Waals surface area (Å²) in [5.41, 5.74) is 1.02. The van der Waals surface area contributed by atoms with E-state index in [9.17, 15) is 4.79 Å². The third-order valence-corrected chi connectivity index (χ3v) is 3.41. The van der Waals surface area contributed by atoms with Gasteiger partial charge >= 0.3 is 0 Å². The highest BCUT2D eigenvalue weighted by Gasteiger charge is 2.07. The second kappa shape index (κ2) is 11.3. The van der Waals surface area contributed by atoms with Gasteiger partial charge in [0.15, 0.2) is 5.96 Å². The highest BCUT2D eigenvalue weighted by atomic mass is 16.5. The summed E-state index contributed by atoms with van der Waals surface area (Å²) in [4.78, 5) is 17.9. The van der Waals surface area contributed by atoms with Crippen LogP contribution < -0.4 is 15.4 Å². The van der Waals surface area contributed by atoms with Crippen LogP contribution >= 0.6 is 0 Å². The zero-order valence-corrected chi connectivity index (χ0v) is 15.3. The van der Waals surface area contributed by atoms with E-state index in [4.69, 9.17) is 4.74 Å². The fourth-order valence-electron chi connectivity index (χ4n) is 1.97. The largest absolute Gasteiger partial charge is 0.494 e. The Kier molecular flexibility index (Phi) is 9.34. The number of rotatable bonds is 9. The number of amides is 1. The molecule has 0 aliphatic rings. The number of hydrogen-bond acceptors (Lipinski definition) is 3. The van der Waals surface area contributed by atoms with Gasteiger partial charge in [0.05, 0.1) is 19.7 Å². The summed E-state index contributed by atoms with van der Waals surface area (Å²) in [6.45, 7) is 6.27. The third kappa shape index (κ3) is 7.35. The summed E-state index contributed by atoms with van der Waals surface area (Å²) in [7, 11) is 3.48. The van der Waals surface area contributed by atoms with Crippen LogP contribution in [-0.2, 0) is 11.3 Å². The molecular formula is C18H30N4O2. The average molecular weight is 334 g/mol. The topological polar surface area (TPSA) is 66.0 Å². The highest BCUT2D eigenvalue weighted by Crippen LogP contribution is 2.18. The van der Waals surface area contributed by atoms with Crippen LogP contribution in [0.4, 0.5) is 0 Å². The molecule has 2 N–H and O–H groups in total. The van der Waals surface area contributed by atoms with E-state index in [2.05, 4.69) is 22.5 Å². The zero-order valence-electron chi connectivity index (χ0n) is 15.3. The van der Waals surface area contributed by atoms with Gasteiger partial charge in [0, 0.05) is 26.2 Å². The Hall–Kier alpha value is -2.24. The van der Waals surface area contributed by atoms with Crippen molar-refractivity contribution in [1.29, 1.82) is 0 Å². The number of nitrogens with one attached hydrogen (secondary N) is 2. The first-order chi connectivity index (χ1) is 11.6. The molecule has 1 aromatic rings. The number of carbonyl (C=O) groups excluding carboxylic acids is 1. The van der Waals surface area contributed by atoms with E-state index < -0.39 is 0 Å². The predicted molar refractivity (Wildman–Crippen MR) is 98.4 cm³/mol. The molecule has 0 aliphatic heterocycles. The van der Waals surface area contributed by atoms with E-state index >= 15 is 0 Å². The van der Waals surface area contributed by atoms with Gasteiger partial charge in [-0.1, -0.05) is 31.5 Å². The lowest BCUT2D eigenvalue weighted by Gasteiger charge is -2.15. The lowest BCUT2D eigenvalue weighted by molar-refractivity contribution is -0.127. The van der Waals surface area contributed by atoms with Gasteiger partial charge in [-0.2, -0.15) is 0 Å². The monoisotopic (exact) mass is 334 g/mol. The molecule has 0 unspecified atom stereocenters. The van der Waals surface area contributed by atoms with Crippen molar-refractivity contribution in [3.05, 3.63) is 29.8 Å². The van der Waals surface area contributed by atoms with Crippen LogP contribution in [0.25, 0.3) is 0 Å². The van der Waals surface area contributed by atoms with E-state index in [0.717, 1.165) is 30.7 Å². The fourth-order valence-corrected chi connectivity index (χ4v) is 1.97. The van der Waals surface area contributed by atoms with Gasteiger partial charge in [0.25, 0.3) is 0 Å². The van der Waals surface area contributed by atoms with E-state index in [1.807, 2.05) is 31.2 Å². The van der Waals surface area contributed by atoms with Crippen molar-refractivity contribution in [1.82, 2.24) is 15.5 Å². The second-order valence-electron chi connectivity index (χ2n) is 5.63. The molecule has 0 atom stereocenters. The summed E-state index contributed by atoms with van der Waals surface area (Å²) in [5.74, 6) is 1.50. The molecule has 0 saturated heterocycles. The number of para-hydroxylation sites is 1. The minimum absolute atomic E-state index is 0.00899. The molecule has 0 aromatic heterocycles. The Labute approximate surface area is 145 Å². The lowest BCUT2D eigenvalue weighted by Crippen LogP contribution is -2.43. The fraction of sp³-hybridized carbons (Fsp3) is 0.556. The molecule has 6 nitrogen and oxygen atoms in total. The number of ether oxygens (including phenoxy) is 1. The van der Waals surface area contributed by atoms with Crippen LogP contribution in [0.15, 0.2) is 29.3 Å². The summed E-state index contributed by atoms with van der Waals surface area (Å²) in [5, 5.41) is 6.35. The van der Waals surface area contributed by atoms with Crippen molar-refractivity contribution in [2.75, 3.05) is 33.8 Å². The average Bonchev–Trinajstić information content (AvgIpc) is 2.58. The molecule has 1 amide bonds. The van der Waals surface area contributed by atoms with Crippen LogP contribution in [0.3, 0.4) is 0 Å². The smallest absolute Gasteiger partial charge is 0.241 e. The number of carbonyl (C=O) groups is 1. The summed E-state index contributed by atoms with van der Waals surface area (Å²) >= 11 is 0. The van der Waals surface area contributed by atoms with Crippen molar-refractivity contribution >= 4 is 11.9 Å². The van der Waals surface area contributed by atoms with Crippen molar-refractivity contribution in [2.24, 2.45) is 4.99 Å². The second-order valence-corrected chi connectivity index (χ2v) is 5.63. The molecule has 0 fully saturated rings. The first-order valence-corrected chi connectivity index (χ1v) is 8.51. The van der Waals surface area contributed by atoms with E-state index in [1.54, 1.807) is 19.0 Å². The Balaban J connectivity index is 2.73. The lowest BCUT2D eigenvalue weighted by atomic mass is 10.2. The molecule has 0 saturated carbocycles.